The highest BCUT2D eigenvalue weighted by Crippen LogP contribution is 2.40. The van der Waals surface area contributed by atoms with Gasteiger partial charge in [-0.2, -0.15) is 0 Å². The third kappa shape index (κ3) is 18.4. The Bertz CT molecular complexity index is 603. The topological polar surface area (TPSA) is 251 Å². The summed E-state index contributed by atoms with van der Waals surface area (Å²) in [5.74, 6) is -1.29. The number of rotatable bonds is 9. The SMILES string of the molecule is CN(CP(=O)(O)O)C(=O)CN.CNCC(=O)N(CP(=O)(O)O)CP(=O)(O)O. The van der Waals surface area contributed by atoms with Gasteiger partial charge in [-0.25, -0.2) is 0 Å². The number of amides is 2. The summed E-state index contributed by atoms with van der Waals surface area (Å²) in [6, 6.07) is 0. The second-order valence-electron chi connectivity index (χ2n) is 5.18. The van der Waals surface area contributed by atoms with Crippen molar-refractivity contribution in [2.24, 2.45) is 5.73 Å². The first-order valence-corrected chi connectivity index (χ1v) is 12.3. The van der Waals surface area contributed by atoms with Gasteiger partial charge >= 0.3 is 22.8 Å². The van der Waals surface area contributed by atoms with Crippen LogP contribution in [0.2, 0.25) is 0 Å². The lowest BCUT2D eigenvalue weighted by molar-refractivity contribution is -0.129. The van der Waals surface area contributed by atoms with Gasteiger partial charge in [0, 0.05) is 7.05 Å². The van der Waals surface area contributed by atoms with E-state index in [1.54, 1.807) is 0 Å². The van der Waals surface area contributed by atoms with E-state index in [2.05, 4.69) is 5.32 Å². The number of hydrogen-bond acceptors (Lipinski definition) is 7. The van der Waals surface area contributed by atoms with E-state index in [9.17, 15) is 23.3 Å². The van der Waals surface area contributed by atoms with Gasteiger partial charge < -0.3 is 50.2 Å². The molecule has 15 nitrogen and oxygen atoms in total. The Balaban J connectivity index is 0. The van der Waals surface area contributed by atoms with Crippen molar-refractivity contribution in [3.05, 3.63) is 0 Å². The molecule has 0 aromatic carbocycles. The van der Waals surface area contributed by atoms with Crippen LogP contribution in [0, 0.1) is 0 Å². The molecule has 27 heavy (non-hydrogen) atoms. The number of carbonyl (C=O) groups excluding carboxylic acids is 2. The van der Waals surface area contributed by atoms with Crippen LogP contribution in [0.5, 0.6) is 0 Å². The minimum atomic E-state index is -4.55. The molecule has 0 rings (SSSR count). The van der Waals surface area contributed by atoms with Gasteiger partial charge in [0.15, 0.2) is 0 Å². The second kappa shape index (κ2) is 12.0. The Labute approximate surface area is 155 Å². The molecule has 0 radical (unpaired) electrons. The zero-order chi connectivity index (χ0) is 22.1. The van der Waals surface area contributed by atoms with Gasteiger partial charge in [0.05, 0.1) is 13.1 Å². The molecule has 0 saturated heterocycles. The fraction of sp³-hybridized carbons (Fsp3) is 0.778. The number of carbonyl (C=O) groups is 2. The van der Waals surface area contributed by atoms with Gasteiger partial charge in [-0.05, 0) is 7.05 Å². The molecule has 162 valence electrons. The Morgan fingerprint density at radius 3 is 1.48 bits per heavy atom. The summed E-state index contributed by atoms with van der Waals surface area (Å²) in [6.45, 7) is -0.503. The van der Waals surface area contributed by atoms with E-state index < -0.39 is 53.5 Å². The van der Waals surface area contributed by atoms with Gasteiger partial charge in [0.2, 0.25) is 11.8 Å². The highest BCUT2D eigenvalue weighted by Gasteiger charge is 2.28. The molecule has 0 bridgehead atoms. The predicted molar refractivity (Wildman–Crippen MR) is 93.3 cm³/mol. The van der Waals surface area contributed by atoms with Gasteiger partial charge in [0.1, 0.15) is 18.9 Å². The zero-order valence-electron chi connectivity index (χ0n) is 14.6. The van der Waals surface area contributed by atoms with Crippen LogP contribution < -0.4 is 11.1 Å². The van der Waals surface area contributed by atoms with Crippen LogP contribution in [0.4, 0.5) is 0 Å². The van der Waals surface area contributed by atoms with E-state index in [4.69, 9.17) is 35.1 Å². The molecule has 0 heterocycles. The summed E-state index contributed by atoms with van der Waals surface area (Å²) in [5.41, 5.74) is 4.95. The van der Waals surface area contributed by atoms with Crippen LogP contribution >= 0.6 is 22.8 Å². The lowest BCUT2D eigenvalue weighted by Gasteiger charge is -2.23. The summed E-state index contributed by atoms with van der Waals surface area (Å²) < 4.78 is 31.6. The standard InChI is InChI=1S/C5H14N2O7P2.C4H11N2O4P/c1-6-2-5(8)7(3-15(9,10)11)4-16(12,13)14;1-6(4(7)2-5)3-11(8,9)10/h6H,2-4H2,1H3,(H2,9,10,11)(H2,12,13,14);2-3,5H2,1H3,(H2,8,9,10). The molecular formula is C9H25N4O11P3. The first-order valence-electron chi connectivity index (χ1n) is 6.92. The van der Waals surface area contributed by atoms with Crippen LogP contribution in [0.15, 0.2) is 0 Å². The minimum absolute atomic E-state index is 0.240. The van der Waals surface area contributed by atoms with E-state index >= 15 is 0 Å². The highest BCUT2D eigenvalue weighted by atomic mass is 31.2. The summed E-state index contributed by atoms with van der Waals surface area (Å²) in [6.07, 6.45) is -2.61. The van der Waals surface area contributed by atoms with Crippen LogP contribution in [0.25, 0.3) is 0 Å². The smallest absolute Gasteiger partial charge is 0.333 e. The maximum Gasteiger partial charge on any atom is 0.344 e. The van der Waals surface area contributed by atoms with Crippen LogP contribution in [-0.2, 0) is 23.3 Å². The molecule has 0 atom stereocenters. The maximum absolute atomic E-state index is 11.3. The molecule has 18 heteroatoms. The molecule has 0 aliphatic rings. The van der Waals surface area contributed by atoms with Crippen molar-refractivity contribution in [2.45, 2.75) is 0 Å². The van der Waals surface area contributed by atoms with E-state index in [0.717, 1.165) is 4.90 Å². The van der Waals surface area contributed by atoms with Crippen molar-refractivity contribution in [3.63, 3.8) is 0 Å². The summed E-state index contributed by atoms with van der Waals surface area (Å²) in [4.78, 5) is 74.7. The first kappa shape index (κ1) is 28.5. The van der Waals surface area contributed by atoms with Crippen LogP contribution in [-0.4, -0.2) is 97.0 Å². The molecule has 9 N–H and O–H groups in total. The molecular weight excluding hydrogens is 433 g/mol. The Kier molecular flexibility index (Phi) is 12.7. The number of nitrogens with two attached hydrogens (primary N) is 1. The third-order valence-electron chi connectivity index (χ3n) is 2.39. The Morgan fingerprint density at radius 1 is 0.852 bits per heavy atom. The third-order valence-corrected chi connectivity index (χ3v) is 4.60. The van der Waals surface area contributed by atoms with Crippen molar-refractivity contribution >= 4 is 34.6 Å². The average Bonchev–Trinajstić information content (AvgIpc) is 2.41. The number of nitrogens with one attached hydrogen (secondary N) is 1. The predicted octanol–water partition coefficient (Wildman–Crippen LogP) is -3.16. The van der Waals surface area contributed by atoms with Crippen molar-refractivity contribution in [1.29, 1.82) is 0 Å². The monoisotopic (exact) mass is 458 g/mol. The average molecular weight is 458 g/mol. The molecule has 0 aliphatic heterocycles. The molecule has 0 aliphatic carbocycles. The first-order chi connectivity index (χ1) is 11.9. The van der Waals surface area contributed by atoms with Gasteiger partial charge in [-0.3, -0.25) is 23.3 Å². The molecule has 0 aromatic heterocycles. The fourth-order valence-corrected chi connectivity index (χ4v) is 3.69. The molecule has 0 spiro atoms. The Hall–Kier alpha value is -0.690. The number of hydrogen-bond donors (Lipinski definition) is 8. The summed E-state index contributed by atoms with van der Waals surface area (Å²) >= 11 is 0. The Morgan fingerprint density at radius 2 is 1.22 bits per heavy atom. The van der Waals surface area contributed by atoms with E-state index in [-0.39, 0.29) is 13.1 Å². The number of nitrogens with zero attached hydrogens (tertiary/aromatic N) is 2. The number of likely N-dealkylation sites (N-methyl/N-ethyl adjacent to an activating group) is 2. The lowest BCUT2D eigenvalue weighted by atomic mass is 10.5. The molecule has 0 fully saturated rings. The molecule has 0 unspecified atom stereocenters. The quantitative estimate of drug-likeness (QED) is 0.159. The largest absolute Gasteiger partial charge is 0.344 e. The van der Waals surface area contributed by atoms with Gasteiger partial charge in [-0.1, -0.05) is 0 Å². The van der Waals surface area contributed by atoms with Crippen molar-refractivity contribution in [1.82, 2.24) is 15.1 Å². The minimum Gasteiger partial charge on any atom is -0.333 e. The maximum atomic E-state index is 11.3. The highest BCUT2D eigenvalue weighted by molar-refractivity contribution is 7.52. The van der Waals surface area contributed by atoms with Gasteiger partial charge in [-0.15, -0.1) is 0 Å². The van der Waals surface area contributed by atoms with E-state index in [1.807, 2.05) is 0 Å². The second-order valence-corrected chi connectivity index (χ2v) is 10.0. The molecule has 0 aromatic rings. The van der Waals surface area contributed by atoms with Crippen molar-refractivity contribution < 1.29 is 52.6 Å². The van der Waals surface area contributed by atoms with Crippen molar-refractivity contribution in [2.75, 3.05) is 46.0 Å². The normalized spacial score (nSPS) is 12.0. The van der Waals surface area contributed by atoms with Crippen LogP contribution in [0.3, 0.4) is 0 Å². The van der Waals surface area contributed by atoms with Crippen LogP contribution in [0.1, 0.15) is 0 Å². The van der Waals surface area contributed by atoms with E-state index in [0.29, 0.717) is 4.90 Å². The zero-order valence-corrected chi connectivity index (χ0v) is 17.3. The van der Waals surface area contributed by atoms with Gasteiger partial charge in [0.25, 0.3) is 0 Å². The lowest BCUT2D eigenvalue weighted by Crippen LogP contribution is -2.38. The molecule has 2 amide bonds. The van der Waals surface area contributed by atoms with Crippen molar-refractivity contribution in [3.8, 4) is 0 Å². The molecule has 0 saturated carbocycles. The summed E-state index contributed by atoms with van der Waals surface area (Å²) in [7, 11) is -10.5. The summed E-state index contributed by atoms with van der Waals surface area (Å²) in [5, 5.41) is 2.42. The fourth-order valence-electron chi connectivity index (χ4n) is 1.42. The van der Waals surface area contributed by atoms with E-state index in [1.165, 1.54) is 14.1 Å².